The monoisotopic (exact) mass is 390 g/mol. The first-order valence-electron chi connectivity index (χ1n) is 9.61. The number of benzene rings is 1. The maximum Gasteiger partial charge on any atom is 0.233 e. The quantitative estimate of drug-likeness (QED) is 0.803. The van der Waals surface area contributed by atoms with Gasteiger partial charge in [-0.25, -0.2) is 4.39 Å². The number of nitrogens with zero attached hydrogens (tertiary/aromatic N) is 1. The van der Waals surface area contributed by atoms with Gasteiger partial charge in [-0.1, -0.05) is 12.8 Å². The standard InChI is InChI=1S/C20H23FN2O3S/c21-12-5-6-17-15(11-12)16(8-10-27-17)22-18(24)7-9-23-19(25)13-3-1-2-4-14(13)20(23)26/h5-6,11,13-14,16H,1-4,7-10H2,(H,22,24)/t13-,14-,16-/m1/s1. The smallest absolute Gasteiger partial charge is 0.233 e. The minimum atomic E-state index is -0.314. The second kappa shape index (κ2) is 7.62. The van der Waals surface area contributed by atoms with Gasteiger partial charge in [0.1, 0.15) is 5.82 Å². The van der Waals surface area contributed by atoms with E-state index in [1.165, 1.54) is 17.0 Å². The third-order valence-electron chi connectivity index (χ3n) is 5.84. The number of amides is 3. The van der Waals surface area contributed by atoms with E-state index >= 15 is 0 Å². The van der Waals surface area contributed by atoms with Crippen LogP contribution in [-0.4, -0.2) is 34.9 Å². The van der Waals surface area contributed by atoms with Crippen molar-refractivity contribution in [3.8, 4) is 0 Å². The zero-order chi connectivity index (χ0) is 19.0. The van der Waals surface area contributed by atoms with Crippen LogP contribution in [0.2, 0.25) is 0 Å². The molecule has 2 aliphatic heterocycles. The van der Waals surface area contributed by atoms with E-state index < -0.39 is 0 Å². The molecule has 144 valence electrons. The molecule has 0 radical (unpaired) electrons. The summed E-state index contributed by atoms with van der Waals surface area (Å²) in [7, 11) is 0. The lowest BCUT2D eigenvalue weighted by atomic mass is 9.81. The maximum atomic E-state index is 13.6. The molecule has 27 heavy (non-hydrogen) atoms. The molecule has 3 aliphatic rings. The van der Waals surface area contributed by atoms with Crippen molar-refractivity contribution in [2.75, 3.05) is 12.3 Å². The highest BCUT2D eigenvalue weighted by molar-refractivity contribution is 7.99. The molecule has 2 heterocycles. The Morgan fingerprint density at radius 1 is 1.15 bits per heavy atom. The van der Waals surface area contributed by atoms with Gasteiger partial charge in [0.05, 0.1) is 17.9 Å². The van der Waals surface area contributed by atoms with Gasteiger partial charge in [-0.2, -0.15) is 0 Å². The zero-order valence-electron chi connectivity index (χ0n) is 15.1. The largest absolute Gasteiger partial charge is 0.349 e. The first-order chi connectivity index (χ1) is 13.0. The molecule has 3 amide bonds. The Morgan fingerprint density at radius 2 is 1.85 bits per heavy atom. The summed E-state index contributed by atoms with van der Waals surface area (Å²) in [6.45, 7) is 0.133. The van der Waals surface area contributed by atoms with E-state index in [-0.39, 0.29) is 54.4 Å². The molecule has 5 nitrogen and oxygen atoms in total. The molecular formula is C20H23FN2O3S. The van der Waals surface area contributed by atoms with Gasteiger partial charge in [-0.05, 0) is 43.0 Å². The number of fused-ring (bicyclic) bond motifs is 2. The van der Waals surface area contributed by atoms with Crippen LogP contribution in [0.1, 0.15) is 50.1 Å². The highest BCUT2D eigenvalue weighted by Crippen LogP contribution is 2.38. The number of thioether (sulfide) groups is 1. The molecule has 0 bridgehead atoms. The summed E-state index contributed by atoms with van der Waals surface area (Å²) < 4.78 is 13.6. The van der Waals surface area contributed by atoms with Crippen molar-refractivity contribution in [2.45, 2.75) is 49.5 Å². The summed E-state index contributed by atoms with van der Waals surface area (Å²) >= 11 is 1.66. The SMILES string of the molecule is O=C(CCN1C(=O)[C@@H]2CCCC[C@H]2C1=O)N[C@@H]1CCSc2ccc(F)cc21. The molecule has 1 saturated heterocycles. The van der Waals surface area contributed by atoms with E-state index in [2.05, 4.69) is 5.32 Å². The molecule has 7 heteroatoms. The molecule has 3 atom stereocenters. The summed E-state index contributed by atoms with van der Waals surface area (Å²) in [6.07, 6.45) is 4.36. The predicted octanol–water partition coefficient (Wildman–Crippen LogP) is 3.04. The van der Waals surface area contributed by atoms with Gasteiger partial charge in [0.15, 0.2) is 0 Å². The van der Waals surface area contributed by atoms with E-state index in [0.29, 0.717) is 0 Å². The lowest BCUT2D eigenvalue weighted by Crippen LogP contribution is -2.37. The summed E-state index contributed by atoms with van der Waals surface area (Å²) in [5, 5.41) is 2.95. The number of likely N-dealkylation sites (tertiary alicyclic amines) is 1. The van der Waals surface area contributed by atoms with Crippen molar-refractivity contribution < 1.29 is 18.8 Å². The van der Waals surface area contributed by atoms with E-state index in [1.54, 1.807) is 17.8 Å². The molecule has 1 N–H and O–H groups in total. The van der Waals surface area contributed by atoms with Crippen molar-refractivity contribution in [3.05, 3.63) is 29.6 Å². The number of hydrogen-bond acceptors (Lipinski definition) is 4. The van der Waals surface area contributed by atoms with Gasteiger partial charge in [-0.3, -0.25) is 19.3 Å². The third-order valence-corrected chi connectivity index (χ3v) is 6.96. The van der Waals surface area contributed by atoms with Crippen LogP contribution < -0.4 is 5.32 Å². The molecule has 0 aromatic heterocycles. The van der Waals surface area contributed by atoms with Crippen LogP contribution in [0.3, 0.4) is 0 Å². The van der Waals surface area contributed by atoms with Crippen molar-refractivity contribution in [3.63, 3.8) is 0 Å². The Kier molecular flexibility index (Phi) is 5.21. The van der Waals surface area contributed by atoms with Crippen LogP contribution in [0, 0.1) is 17.7 Å². The zero-order valence-corrected chi connectivity index (χ0v) is 15.9. The minimum Gasteiger partial charge on any atom is -0.349 e. The number of nitrogens with one attached hydrogen (secondary N) is 1. The van der Waals surface area contributed by atoms with E-state index in [1.807, 2.05) is 0 Å². The average molecular weight is 390 g/mol. The van der Waals surface area contributed by atoms with Gasteiger partial charge in [0, 0.05) is 23.6 Å². The number of rotatable bonds is 4. The predicted molar refractivity (Wildman–Crippen MR) is 99.4 cm³/mol. The van der Waals surface area contributed by atoms with Crippen LogP contribution in [-0.2, 0) is 14.4 Å². The maximum absolute atomic E-state index is 13.6. The number of imide groups is 1. The topological polar surface area (TPSA) is 66.5 Å². The van der Waals surface area contributed by atoms with Gasteiger partial charge < -0.3 is 5.32 Å². The van der Waals surface area contributed by atoms with Crippen LogP contribution >= 0.6 is 11.8 Å². The Balaban J connectivity index is 1.36. The molecule has 4 rings (SSSR count). The molecule has 2 fully saturated rings. The van der Waals surface area contributed by atoms with Gasteiger partial charge in [-0.15, -0.1) is 11.8 Å². The van der Waals surface area contributed by atoms with Crippen molar-refractivity contribution in [2.24, 2.45) is 11.8 Å². The van der Waals surface area contributed by atoms with Crippen LogP contribution in [0.15, 0.2) is 23.1 Å². The molecular weight excluding hydrogens is 367 g/mol. The van der Waals surface area contributed by atoms with Gasteiger partial charge >= 0.3 is 0 Å². The Morgan fingerprint density at radius 3 is 2.56 bits per heavy atom. The molecule has 0 unspecified atom stereocenters. The first-order valence-corrected chi connectivity index (χ1v) is 10.6. The normalized spacial score (nSPS) is 27.3. The Hall–Kier alpha value is -1.89. The number of halogens is 1. The minimum absolute atomic E-state index is 0.0885. The van der Waals surface area contributed by atoms with E-state index in [9.17, 15) is 18.8 Å². The summed E-state index contributed by atoms with van der Waals surface area (Å²) in [5.74, 6) is -0.253. The molecule has 1 aromatic rings. The molecule has 1 saturated carbocycles. The molecule has 0 spiro atoms. The highest BCUT2D eigenvalue weighted by Gasteiger charge is 2.47. The second-order valence-electron chi connectivity index (χ2n) is 7.51. The highest BCUT2D eigenvalue weighted by atomic mass is 32.2. The van der Waals surface area contributed by atoms with Crippen LogP contribution in [0.5, 0.6) is 0 Å². The fraction of sp³-hybridized carbons (Fsp3) is 0.550. The van der Waals surface area contributed by atoms with Gasteiger partial charge in [0.25, 0.3) is 0 Å². The van der Waals surface area contributed by atoms with Crippen LogP contribution in [0.4, 0.5) is 4.39 Å². The average Bonchev–Trinajstić information content (AvgIpc) is 2.91. The van der Waals surface area contributed by atoms with E-state index in [0.717, 1.165) is 48.3 Å². The fourth-order valence-corrected chi connectivity index (χ4v) is 5.55. The first kappa shape index (κ1) is 18.5. The Bertz CT molecular complexity index is 760. The Labute approximate surface area is 162 Å². The van der Waals surface area contributed by atoms with Crippen molar-refractivity contribution in [1.82, 2.24) is 10.2 Å². The number of carbonyl (C=O) groups is 3. The van der Waals surface area contributed by atoms with Crippen molar-refractivity contribution in [1.29, 1.82) is 0 Å². The second-order valence-corrected chi connectivity index (χ2v) is 8.65. The summed E-state index contributed by atoms with van der Waals surface area (Å²) in [6, 6.07) is 4.43. The lowest BCUT2D eigenvalue weighted by molar-refractivity contribution is -0.140. The number of hydrogen-bond donors (Lipinski definition) is 1. The molecule has 1 aliphatic carbocycles. The van der Waals surface area contributed by atoms with E-state index in [4.69, 9.17) is 0 Å². The van der Waals surface area contributed by atoms with Crippen LogP contribution in [0.25, 0.3) is 0 Å². The fourth-order valence-electron chi connectivity index (χ4n) is 4.45. The summed E-state index contributed by atoms with van der Waals surface area (Å²) in [4.78, 5) is 39.7. The van der Waals surface area contributed by atoms with Gasteiger partial charge in [0.2, 0.25) is 17.7 Å². The number of carbonyl (C=O) groups excluding carboxylic acids is 3. The lowest BCUT2D eigenvalue weighted by Gasteiger charge is -2.26. The third kappa shape index (κ3) is 3.61. The molecule has 1 aromatic carbocycles. The van der Waals surface area contributed by atoms with Crippen molar-refractivity contribution >= 4 is 29.5 Å². The summed E-state index contributed by atoms with van der Waals surface area (Å²) in [5.41, 5.74) is 0.805.